The van der Waals surface area contributed by atoms with Crippen molar-refractivity contribution in [3.8, 4) is 0 Å². The Kier molecular flexibility index (Phi) is 3.05. The summed E-state index contributed by atoms with van der Waals surface area (Å²) in [5.41, 5.74) is 0. The van der Waals surface area contributed by atoms with Gasteiger partial charge in [0.25, 0.3) is 0 Å². The Morgan fingerprint density at radius 3 is 2.75 bits per heavy atom. The van der Waals surface area contributed by atoms with Gasteiger partial charge in [-0.05, 0) is 13.3 Å². The number of esters is 1. The fraction of sp³-hybridized carbons (Fsp3) is 0.875. The summed E-state index contributed by atoms with van der Waals surface area (Å²) < 4.78 is 9.97. The highest BCUT2D eigenvalue weighted by Crippen LogP contribution is 2.20. The predicted molar refractivity (Wildman–Crippen MR) is 41.6 cm³/mol. The van der Waals surface area contributed by atoms with Crippen molar-refractivity contribution < 1.29 is 19.4 Å². The topological polar surface area (TPSA) is 55.8 Å². The molecule has 1 fully saturated rings. The van der Waals surface area contributed by atoms with Crippen LogP contribution < -0.4 is 0 Å². The molecule has 0 aromatic rings. The van der Waals surface area contributed by atoms with Gasteiger partial charge in [0.05, 0.1) is 6.10 Å². The molecule has 0 spiro atoms. The number of rotatable bonds is 3. The number of cyclic esters (lactones) is 1. The Labute approximate surface area is 71.5 Å². The third kappa shape index (κ3) is 1.95. The van der Waals surface area contributed by atoms with Crippen LogP contribution in [0.25, 0.3) is 0 Å². The number of methoxy groups -OCH3 is 1. The van der Waals surface area contributed by atoms with E-state index in [2.05, 4.69) is 0 Å². The number of aliphatic hydroxyl groups excluding tert-OH is 1. The summed E-state index contributed by atoms with van der Waals surface area (Å²) in [7, 11) is 1.50. The van der Waals surface area contributed by atoms with Crippen LogP contribution in [0.15, 0.2) is 0 Å². The third-order valence-corrected chi connectivity index (χ3v) is 2.03. The van der Waals surface area contributed by atoms with Crippen LogP contribution in [0.2, 0.25) is 0 Å². The van der Waals surface area contributed by atoms with Crippen LogP contribution in [-0.2, 0) is 14.3 Å². The van der Waals surface area contributed by atoms with E-state index in [4.69, 9.17) is 9.47 Å². The maximum absolute atomic E-state index is 10.7. The molecule has 3 unspecified atom stereocenters. The van der Waals surface area contributed by atoms with Crippen LogP contribution in [-0.4, -0.2) is 36.5 Å². The molecule has 0 amide bonds. The molecule has 12 heavy (non-hydrogen) atoms. The highest BCUT2D eigenvalue weighted by atomic mass is 16.6. The van der Waals surface area contributed by atoms with E-state index < -0.39 is 12.2 Å². The maximum atomic E-state index is 10.7. The number of carbonyl (C=O) groups excluding carboxylic acids is 1. The molecule has 3 atom stereocenters. The molecule has 0 saturated carbocycles. The van der Waals surface area contributed by atoms with Gasteiger partial charge in [0.15, 0.2) is 0 Å². The van der Waals surface area contributed by atoms with Gasteiger partial charge in [0.1, 0.15) is 12.2 Å². The number of aliphatic hydroxyl groups is 1. The Morgan fingerprint density at radius 1 is 1.75 bits per heavy atom. The minimum atomic E-state index is -0.606. The summed E-state index contributed by atoms with van der Waals surface area (Å²) in [5, 5.41) is 9.24. The molecule has 70 valence electrons. The molecule has 4 heteroatoms. The third-order valence-electron chi connectivity index (χ3n) is 2.03. The molecule has 1 heterocycles. The summed E-state index contributed by atoms with van der Waals surface area (Å²) >= 11 is 0. The number of hydrogen-bond acceptors (Lipinski definition) is 4. The average Bonchev–Trinajstić information content (AvgIpc) is 2.37. The van der Waals surface area contributed by atoms with E-state index in [1.165, 1.54) is 7.11 Å². The van der Waals surface area contributed by atoms with E-state index in [1.54, 1.807) is 6.92 Å². The van der Waals surface area contributed by atoms with Gasteiger partial charge in [0.2, 0.25) is 0 Å². The molecule has 1 aliphatic rings. The van der Waals surface area contributed by atoms with Crippen LogP contribution in [0.3, 0.4) is 0 Å². The highest BCUT2D eigenvalue weighted by molar-refractivity contribution is 5.71. The van der Waals surface area contributed by atoms with E-state index in [0.717, 1.165) is 0 Å². The molecule has 4 nitrogen and oxygen atoms in total. The molecule has 0 aromatic heterocycles. The Balaban J connectivity index is 2.49. The van der Waals surface area contributed by atoms with Gasteiger partial charge in [-0.3, -0.25) is 4.79 Å². The summed E-state index contributed by atoms with van der Waals surface area (Å²) in [6, 6.07) is 0. The SMILES string of the molecule is COC(C(C)O)C1CCC(=O)O1. The fourth-order valence-corrected chi connectivity index (χ4v) is 1.44. The van der Waals surface area contributed by atoms with Crippen LogP contribution in [0.1, 0.15) is 19.8 Å². The Bertz CT molecular complexity index is 166. The smallest absolute Gasteiger partial charge is 0.306 e. The summed E-state index contributed by atoms with van der Waals surface area (Å²) in [4.78, 5) is 10.7. The second kappa shape index (κ2) is 3.87. The first-order valence-corrected chi connectivity index (χ1v) is 4.05. The lowest BCUT2D eigenvalue weighted by Crippen LogP contribution is -2.37. The van der Waals surface area contributed by atoms with Gasteiger partial charge in [0, 0.05) is 13.5 Å². The predicted octanol–water partition coefficient (Wildman–Crippen LogP) is 0.0878. The van der Waals surface area contributed by atoms with Crippen molar-refractivity contribution in [3.05, 3.63) is 0 Å². The molecule has 1 N–H and O–H groups in total. The van der Waals surface area contributed by atoms with Crippen molar-refractivity contribution in [2.45, 2.75) is 38.1 Å². The molecule has 1 saturated heterocycles. The number of ether oxygens (including phenoxy) is 2. The van der Waals surface area contributed by atoms with Crippen molar-refractivity contribution in [2.75, 3.05) is 7.11 Å². The molecule has 1 aliphatic heterocycles. The minimum Gasteiger partial charge on any atom is -0.459 e. The van der Waals surface area contributed by atoms with Crippen LogP contribution in [0.4, 0.5) is 0 Å². The van der Waals surface area contributed by atoms with Gasteiger partial charge < -0.3 is 14.6 Å². The van der Waals surface area contributed by atoms with Gasteiger partial charge >= 0.3 is 5.97 Å². The molecule has 1 rings (SSSR count). The zero-order chi connectivity index (χ0) is 9.14. The Morgan fingerprint density at radius 2 is 2.42 bits per heavy atom. The van der Waals surface area contributed by atoms with Crippen molar-refractivity contribution in [1.29, 1.82) is 0 Å². The first-order valence-electron chi connectivity index (χ1n) is 4.05. The lowest BCUT2D eigenvalue weighted by atomic mass is 10.1. The van der Waals surface area contributed by atoms with Gasteiger partial charge in [-0.25, -0.2) is 0 Å². The normalized spacial score (nSPS) is 28.2. The standard InChI is InChI=1S/C8H14O4/c1-5(9)8(11-2)6-3-4-7(10)12-6/h5-6,8-9H,3-4H2,1-2H3. The van der Waals surface area contributed by atoms with Gasteiger partial charge in [-0.1, -0.05) is 0 Å². The van der Waals surface area contributed by atoms with Gasteiger partial charge in [-0.2, -0.15) is 0 Å². The van der Waals surface area contributed by atoms with Gasteiger partial charge in [-0.15, -0.1) is 0 Å². The fourth-order valence-electron chi connectivity index (χ4n) is 1.44. The summed E-state index contributed by atoms with van der Waals surface area (Å²) in [6.07, 6.45) is -0.204. The largest absolute Gasteiger partial charge is 0.459 e. The molecular formula is C8H14O4. The quantitative estimate of drug-likeness (QED) is 0.616. The lowest BCUT2D eigenvalue weighted by Gasteiger charge is -2.23. The van der Waals surface area contributed by atoms with Crippen molar-refractivity contribution in [2.24, 2.45) is 0 Å². The second-order valence-electron chi connectivity index (χ2n) is 3.01. The van der Waals surface area contributed by atoms with Crippen molar-refractivity contribution in [3.63, 3.8) is 0 Å². The highest BCUT2D eigenvalue weighted by Gasteiger charge is 2.33. The van der Waals surface area contributed by atoms with Crippen molar-refractivity contribution in [1.82, 2.24) is 0 Å². The lowest BCUT2D eigenvalue weighted by molar-refractivity contribution is -0.150. The Hall–Kier alpha value is -0.610. The zero-order valence-corrected chi connectivity index (χ0v) is 7.32. The van der Waals surface area contributed by atoms with Crippen LogP contribution in [0, 0.1) is 0 Å². The zero-order valence-electron chi connectivity index (χ0n) is 7.32. The van der Waals surface area contributed by atoms with E-state index in [1.807, 2.05) is 0 Å². The van der Waals surface area contributed by atoms with E-state index in [0.29, 0.717) is 12.8 Å². The maximum Gasteiger partial charge on any atom is 0.306 e. The molecule has 0 bridgehead atoms. The number of hydrogen-bond donors (Lipinski definition) is 1. The molecule has 0 aliphatic carbocycles. The average molecular weight is 174 g/mol. The van der Waals surface area contributed by atoms with E-state index >= 15 is 0 Å². The van der Waals surface area contributed by atoms with Crippen LogP contribution >= 0.6 is 0 Å². The van der Waals surface area contributed by atoms with Crippen molar-refractivity contribution >= 4 is 5.97 Å². The molecule has 0 radical (unpaired) electrons. The molecule has 0 aromatic carbocycles. The number of carbonyl (C=O) groups is 1. The second-order valence-corrected chi connectivity index (χ2v) is 3.01. The van der Waals surface area contributed by atoms with E-state index in [-0.39, 0.29) is 12.1 Å². The minimum absolute atomic E-state index is 0.206. The first-order chi connectivity index (χ1) is 5.65. The summed E-state index contributed by atoms with van der Waals surface area (Å²) in [6.45, 7) is 1.63. The van der Waals surface area contributed by atoms with Crippen LogP contribution in [0.5, 0.6) is 0 Å². The molecular weight excluding hydrogens is 160 g/mol. The first kappa shape index (κ1) is 9.48. The summed E-state index contributed by atoms with van der Waals surface area (Å²) in [5.74, 6) is -0.206. The monoisotopic (exact) mass is 174 g/mol. The van der Waals surface area contributed by atoms with E-state index in [9.17, 15) is 9.90 Å².